The van der Waals surface area contributed by atoms with Gasteiger partial charge in [0.25, 0.3) is 0 Å². The molecule has 0 aromatic carbocycles. The fraction of sp³-hybridized carbons (Fsp3) is 0.917. The zero-order chi connectivity index (χ0) is 14.3. The highest BCUT2D eigenvalue weighted by Crippen LogP contribution is 2.16. The van der Waals surface area contributed by atoms with Crippen molar-refractivity contribution >= 4 is 15.8 Å². The van der Waals surface area contributed by atoms with Gasteiger partial charge in [-0.05, 0) is 19.4 Å². The molecule has 1 rings (SSSR count). The van der Waals surface area contributed by atoms with E-state index in [4.69, 9.17) is 10.2 Å². The summed E-state index contributed by atoms with van der Waals surface area (Å²) in [7, 11) is -3.09. The number of hydrogen-bond acceptors (Lipinski definition) is 5. The van der Waals surface area contributed by atoms with Gasteiger partial charge in [0.1, 0.15) is 0 Å². The zero-order valence-corrected chi connectivity index (χ0v) is 11.9. The molecule has 0 bridgehead atoms. The molecule has 0 saturated carbocycles. The minimum absolute atomic E-state index is 0.0457. The second kappa shape index (κ2) is 7.81. The van der Waals surface area contributed by atoms with Crippen LogP contribution in [0, 0.1) is 0 Å². The lowest BCUT2D eigenvalue weighted by atomic mass is 10.1. The van der Waals surface area contributed by atoms with Crippen molar-refractivity contribution in [2.75, 3.05) is 31.2 Å². The Bertz CT molecular complexity index is 382. The third kappa shape index (κ3) is 6.35. The van der Waals surface area contributed by atoms with Gasteiger partial charge in [-0.3, -0.25) is 9.69 Å². The molecule has 1 fully saturated rings. The number of aliphatic hydroxyl groups excluding tert-OH is 1. The van der Waals surface area contributed by atoms with Crippen molar-refractivity contribution in [3.63, 3.8) is 0 Å². The van der Waals surface area contributed by atoms with Crippen LogP contribution in [0.2, 0.25) is 0 Å². The number of rotatable bonds is 8. The first kappa shape index (κ1) is 16.4. The Kier molecular flexibility index (Phi) is 6.74. The van der Waals surface area contributed by atoms with Gasteiger partial charge in [-0.1, -0.05) is 12.8 Å². The molecule has 1 aliphatic heterocycles. The van der Waals surface area contributed by atoms with Gasteiger partial charge in [-0.15, -0.1) is 0 Å². The minimum atomic E-state index is -3.09. The molecular weight excluding hydrogens is 270 g/mol. The summed E-state index contributed by atoms with van der Waals surface area (Å²) in [6.07, 6.45) is 3.51. The van der Waals surface area contributed by atoms with Crippen molar-refractivity contribution in [3.05, 3.63) is 0 Å². The highest BCUT2D eigenvalue weighted by atomic mass is 32.2. The zero-order valence-electron chi connectivity index (χ0n) is 11.1. The number of hydrogen-bond donors (Lipinski definition) is 2. The molecule has 19 heavy (non-hydrogen) atoms. The van der Waals surface area contributed by atoms with Crippen LogP contribution in [0.3, 0.4) is 0 Å². The molecule has 0 radical (unpaired) electrons. The Hall–Kier alpha value is -0.660. The second-order valence-electron chi connectivity index (χ2n) is 5.04. The summed E-state index contributed by atoms with van der Waals surface area (Å²) >= 11 is 0. The van der Waals surface area contributed by atoms with E-state index in [0.717, 1.165) is 32.2 Å². The van der Waals surface area contributed by atoms with Crippen LogP contribution in [0.25, 0.3) is 0 Å². The van der Waals surface area contributed by atoms with Crippen molar-refractivity contribution in [1.29, 1.82) is 0 Å². The molecule has 0 spiro atoms. The first-order chi connectivity index (χ1) is 8.94. The molecule has 7 heteroatoms. The van der Waals surface area contributed by atoms with E-state index in [0.29, 0.717) is 6.54 Å². The van der Waals surface area contributed by atoms with Gasteiger partial charge in [0.2, 0.25) is 0 Å². The van der Waals surface area contributed by atoms with E-state index >= 15 is 0 Å². The number of aliphatic carboxylic acids is 1. The molecule has 2 N–H and O–H groups in total. The normalized spacial score (nSPS) is 23.3. The maximum Gasteiger partial charge on any atom is 0.304 e. The lowest BCUT2D eigenvalue weighted by Gasteiger charge is -2.34. The lowest BCUT2D eigenvalue weighted by Crippen LogP contribution is -2.49. The molecule has 1 saturated heterocycles. The summed E-state index contributed by atoms with van der Waals surface area (Å²) in [5.41, 5.74) is 0. The average molecular weight is 293 g/mol. The number of carboxylic acid groups (broad SMARTS) is 1. The third-order valence-electron chi connectivity index (χ3n) is 3.42. The Morgan fingerprint density at radius 2 is 1.89 bits per heavy atom. The van der Waals surface area contributed by atoms with Gasteiger partial charge in [-0.25, -0.2) is 8.42 Å². The predicted octanol–water partition coefficient (Wildman–Crippen LogP) is 0.113. The van der Waals surface area contributed by atoms with Crippen LogP contribution >= 0.6 is 0 Å². The third-order valence-corrected chi connectivity index (χ3v) is 5.11. The Morgan fingerprint density at radius 1 is 1.21 bits per heavy atom. The van der Waals surface area contributed by atoms with Gasteiger partial charge >= 0.3 is 5.97 Å². The van der Waals surface area contributed by atoms with Crippen molar-refractivity contribution < 1.29 is 23.4 Å². The molecule has 6 nitrogen and oxygen atoms in total. The fourth-order valence-corrected chi connectivity index (χ4v) is 3.98. The van der Waals surface area contributed by atoms with Gasteiger partial charge in [-0.2, -0.15) is 0 Å². The summed E-state index contributed by atoms with van der Waals surface area (Å²) in [4.78, 5) is 12.8. The van der Waals surface area contributed by atoms with Crippen molar-refractivity contribution in [2.24, 2.45) is 0 Å². The molecule has 1 heterocycles. The van der Waals surface area contributed by atoms with Crippen molar-refractivity contribution in [2.45, 2.75) is 38.1 Å². The van der Waals surface area contributed by atoms with Gasteiger partial charge < -0.3 is 10.2 Å². The summed E-state index contributed by atoms with van der Waals surface area (Å²) in [6.45, 7) is 1.36. The van der Waals surface area contributed by atoms with Crippen LogP contribution in [0.5, 0.6) is 0 Å². The lowest BCUT2D eigenvalue weighted by molar-refractivity contribution is -0.138. The predicted molar refractivity (Wildman–Crippen MR) is 71.8 cm³/mol. The van der Waals surface area contributed by atoms with Crippen LogP contribution in [-0.2, 0) is 14.6 Å². The molecule has 0 amide bonds. The van der Waals surface area contributed by atoms with Gasteiger partial charge in [0.15, 0.2) is 9.84 Å². The quantitative estimate of drug-likeness (QED) is 0.617. The summed E-state index contributed by atoms with van der Waals surface area (Å²) in [5.74, 6) is -0.872. The number of nitrogens with zero attached hydrogens (tertiary/aromatic N) is 1. The van der Waals surface area contributed by atoms with E-state index in [-0.39, 0.29) is 24.5 Å². The van der Waals surface area contributed by atoms with Crippen LogP contribution in [0.4, 0.5) is 0 Å². The van der Waals surface area contributed by atoms with E-state index in [1.807, 2.05) is 4.90 Å². The minimum Gasteiger partial charge on any atom is -0.481 e. The first-order valence-corrected chi connectivity index (χ1v) is 8.54. The molecule has 112 valence electrons. The monoisotopic (exact) mass is 293 g/mol. The van der Waals surface area contributed by atoms with E-state index in [2.05, 4.69) is 0 Å². The highest BCUT2D eigenvalue weighted by molar-refractivity contribution is 7.91. The number of sulfone groups is 1. The van der Waals surface area contributed by atoms with Gasteiger partial charge in [0, 0.05) is 19.2 Å². The Morgan fingerprint density at radius 3 is 2.53 bits per heavy atom. The number of unbranched alkanes of at least 4 members (excludes halogenated alkanes) is 3. The molecule has 0 aromatic rings. The van der Waals surface area contributed by atoms with E-state index in [1.54, 1.807) is 0 Å². The Balaban J connectivity index is 2.42. The van der Waals surface area contributed by atoms with Crippen LogP contribution < -0.4 is 0 Å². The van der Waals surface area contributed by atoms with E-state index in [9.17, 15) is 13.2 Å². The van der Waals surface area contributed by atoms with E-state index in [1.165, 1.54) is 0 Å². The van der Waals surface area contributed by atoms with Crippen molar-refractivity contribution in [3.8, 4) is 0 Å². The molecular formula is C12H23NO5S. The molecule has 0 aromatic heterocycles. The maximum atomic E-state index is 11.6. The standard InChI is InChI=1S/C12H23NO5S/c14-7-4-2-1-3-5-13-6-8-19(17,18)10-11(13)9-12(15)16/h11,14H,1-10H2,(H,15,16). The molecule has 1 atom stereocenters. The number of aliphatic hydroxyl groups is 1. The maximum absolute atomic E-state index is 11.6. The fourth-order valence-electron chi connectivity index (χ4n) is 2.38. The topological polar surface area (TPSA) is 94.9 Å². The molecule has 1 unspecified atom stereocenters. The second-order valence-corrected chi connectivity index (χ2v) is 7.27. The van der Waals surface area contributed by atoms with Crippen LogP contribution in [0.15, 0.2) is 0 Å². The smallest absolute Gasteiger partial charge is 0.304 e. The first-order valence-electron chi connectivity index (χ1n) is 6.72. The number of carboxylic acids is 1. The molecule has 0 aliphatic carbocycles. The largest absolute Gasteiger partial charge is 0.481 e. The summed E-state index contributed by atoms with van der Waals surface area (Å²) < 4.78 is 23.1. The van der Waals surface area contributed by atoms with Gasteiger partial charge in [0.05, 0.1) is 17.9 Å². The van der Waals surface area contributed by atoms with E-state index < -0.39 is 21.8 Å². The van der Waals surface area contributed by atoms with Crippen LogP contribution in [-0.4, -0.2) is 66.7 Å². The summed E-state index contributed by atoms with van der Waals surface area (Å²) in [5, 5.41) is 17.5. The van der Waals surface area contributed by atoms with Crippen LogP contribution in [0.1, 0.15) is 32.1 Å². The highest BCUT2D eigenvalue weighted by Gasteiger charge is 2.32. The Labute approximate surface area is 114 Å². The average Bonchev–Trinajstić information content (AvgIpc) is 2.30. The van der Waals surface area contributed by atoms with Crippen molar-refractivity contribution in [1.82, 2.24) is 4.90 Å². The summed E-state index contributed by atoms with van der Waals surface area (Å²) in [6, 6.07) is -0.394. The molecule has 1 aliphatic rings. The SMILES string of the molecule is O=C(O)CC1CS(=O)(=O)CCN1CCCCCCO. The number of carbonyl (C=O) groups is 1.